The third-order valence-corrected chi connectivity index (χ3v) is 4.90. The number of fused-ring (bicyclic) bond motifs is 2. The van der Waals surface area contributed by atoms with Crippen LogP contribution in [0, 0.1) is 0 Å². The summed E-state index contributed by atoms with van der Waals surface area (Å²) in [7, 11) is 0. The number of nitrogens with zero attached hydrogens (tertiary/aromatic N) is 1. The number of benzene rings is 1. The Morgan fingerprint density at radius 2 is 1.80 bits per heavy atom. The van der Waals surface area contributed by atoms with E-state index in [1.165, 1.54) is 42.2 Å². The van der Waals surface area contributed by atoms with Crippen LogP contribution in [-0.2, 0) is 6.42 Å². The van der Waals surface area contributed by atoms with Gasteiger partial charge in [-0.05, 0) is 48.8 Å². The molecule has 2 nitrogen and oxygen atoms in total. The second-order valence-corrected chi connectivity index (χ2v) is 6.13. The topological polar surface area (TPSA) is 30.0 Å². The van der Waals surface area contributed by atoms with E-state index in [1.807, 2.05) is 6.07 Å². The summed E-state index contributed by atoms with van der Waals surface area (Å²) in [5.41, 5.74) is 4.50. The molecule has 102 valence electrons. The van der Waals surface area contributed by atoms with E-state index in [0.29, 0.717) is 12.3 Å². The summed E-state index contributed by atoms with van der Waals surface area (Å²) in [6, 6.07) is 8.36. The molecule has 1 fully saturated rings. The fourth-order valence-corrected chi connectivity index (χ4v) is 3.99. The molecule has 0 N–H and O–H groups in total. The van der Waals surface area contributed by atoms with E-state index in [4.69, 9.17) is 0 Å². The molecule has 2 aliphatic rings. The minimum absolute atomic E-state index is 0.247. The molecular formula is C18H19NO. The van der Waals surface area contributed by atoms with E-state index < -0.39 is 0 Å². The van der Waals surface area contributed by atoms with E-state index in [1.54, 1.807) is 0 Å². The molecule has 0 saturated heterocycles. The molecule has 2 aliphatic carbocycles. The van der Waals surface area contributed by atoms with Crippen LogP contribution in [0.25, 0.3) is 10.9 Å². The molecule has 0 aliphatic heterocycles. The smallest absolute Gasteiger partial charge is 0.181 e. The molecule has 0 bridgehead atoms. The van der Waals surface area contributed by atoms with E-state index in [9.17, 15) is 4.79 Å². The number of aromatic nitrogens is 1. The Labute approximate surface area is 119 Å². The summed E-state index contributed by atoms with van der Waals surface area (Å²) < 4.78 is 0. The Kier molecular flexibility index (Phi) is 2.83. The zero-order chi connectivity index (χ0) is 13.5. The maximum absolute atomic E-state index is 12.2. The highest BCUT2D eigenvalue weighted by molar-refractivity contribution is 6.00. The van der Waals surface area contributed by atoms with Crippen molar-refractivity contribution in [2.45, 2.75) is 50.9 Å². The molecule has 0 radical (unpaired) electrons. The number of hydrogen-bond acceptors (Lipinski definition) is 2. The number of carbonyl (C=O) groups excluding carboxylic acids is 1. The average Bonchev–Trinajstić information content (AvgIpc) is 2.99. The molecular weight excluding hydrogens is 246 g/mol. The van der Waals surface area contributed by atoms with Gasteiger partial charge in [0.2, 0.25) is 0 Å². The molecule has 0 unspecified atom stereocenters. The lowest BCUT2D eigenvalue weighted by Gasteiger charge is -2.23. The van der Waals surface area contributed by atoms with Crippen molar-refractivity contribution in [1.29, 1.82) is 0 Å². The van der Waals surface area contributed by atoms with Gasteiger partial charge in [-0.25, -0.2) is 4.98 Å². The van der Waals surface area contributed by atoms with Crippen LogP contribution in [0.5, 0.6) is 0 Å². The number of hydrogen-bond donors (Lipinski definition) is 0. The zero-order valence-electron chi connectivity index (χ0n) is 11.7. The van der Waals surface area contributed by atoms with Gasteiger partial charge in [0, 0.05) is 11.8 Å². The number of para-hydroxylation sites is 1. The lowest BCUT2D eigenvalue weighted by molar-refractivity contribution is 0.0967. The Morgan fingerprint density at radius 1 is 1.00 bits per heavy atom. The van der Waals surface area contributed by atoms with Gasteiger partial charge in [-0.15, -0.1) is 0 Å². The summed E-state index contributed by atoms with van der Waals surface area (Å²) >= 11 is 0. The van der Waals surface area contributed by atoms with Crippen molar-refractivity contribution in [1.82, 2.24) is 4.98 Å². The van der Waals surface area contributed by atoms with Crippen molar-refractivity contribution < 1.29 is 4.79 Å². The quantitative estimate of drug-likeness (QED) is 0.764. The lowest BCUT2D eigenvalue weighted by atomic mass is 9.83. The maximum atomic E-state index is 12.2. The normalized spacial score (nSPS) is 19.5. The second kappa shape index (κ2) is 4.69. The number of Topliss-reactive ketones (excluding diaryl/α,β-unsaturated/α-hetero) is 1. The van der Waals surface area contributed by atoms with Crippen LogP contribution in [0.3, 0.4) is 0 Å². The van der Waals surface area contributed by atoms with Crippen LogP contribution in [0.4, 0.5) is 0 Å². The summed E-state index contributed by atoms with van der Waals surface area (Å²) in [4.78, 5) is 16.9. The minimum Gasteiger partial charge on any atom is -0.292 e. The predicted molar refractivity (Wildman–Crippen MR) is 80.2 cm³/mol. The predicted octanol–water partition coefficient (Wildman–Crippen LogP) is 4.41. The number of carbonyl (C=O) groups is 1. The van der Waals surface area contributed by atoms with Gasteiger partial charge < -0.3 is 0 Å². The molecule has 0 atom stereocenters. The van der Waals surface area contributed by atoms with E-state index in [-0.39, 0.29) is 5.78 Å². The first-order valence-corrected chi connectivity index (χ1v) is 7.79. The van der Waals surface area contributed by atoms with Crippen molar-refractivity contribution in [3.8, 4) is 0 Å². The van der Waals surface area contributed by atoms with Gasteiger partial charge in [0.15, 0.2) is 5.78 Å². The zero-order valence-corrected chi connectivity index (χ0v) is 11.7. The second-order valence-electron chi connectivity index (χ2n) is 6.13. The van der Waals surface area contributed by atoms with Crippen molar-refractivity contribution >= 4 is 16.7 Å². The number of rotatable bonds is 1. The van der Waals surface area contributed by atoms with Gasteiger partial charge in [-0.3, -0.25) is 4.79 Å². The standard InChI is InChI=1S/C18H19NO/c20-16-11-5-9-14-17(12-6-1-2-7-12)13-8-3-4-10-15(13)19-18(14)16/h3-4,8,10,12H,1-2,5-7,9,11H2. The van der Waals surface area contributed by atoms with E-state index in [2.05, 4.69) is 23.2 Å². The van der Waals surface area contributed by atoms with Crippen LogP contribution < -0.4 is 0 Å². The highest BCUT2D eigenvalue weighted by Crippen LogP contribution is 2.41. The molecule has 20 heavy (non-hydrogen) atoms. The largest absolute Gasteiger partial charge is 0.292 e. The minimum atomic E-state index is 0.247. The number of ketones is 1. The number of pyridine rings is 1. The maximum Gasteiger partial charge on any atom is 0.181 e. The first-order chi connectivity index (χ1) is 9.84. The van der Waals surface area contributed by atoms with Crippen LogP contribution in [-0.4, -0.2) is 10.8 Å². The van der Waals surface area contributed by atoms with Crippen LogP contribution in [0.2, 0.25) is 0 Å². The van der Waals surface area contributed by atoms with Crippen molar-refractivity contribution in [3.63, 3.8) is 0 Å². The van der Waals surface area contributed by atoms with Crippen molar-refractivity contribution in [2.75, 3.05) is 0 Å². The molecule has 0 amide bonds. The first-order valence-electron chi connectivity index (χ1n) is 7.79. The SMILES string of the molecule is O=C1CCCc2c1nc1ccccc1c2C1CCCC1. The Hall–Kier alpha value is -1.70. The summed E-state index contributed by atoms with van der Waals surface area (Å²) in [6.07, 6.45) is 7.89. The van der Waals surface area contributed by atoms with Gasteiger partial charge in [0.25, 0.3) is 0 Å². The monoisotopic (exact) mass is 265 g/mol. The third kappa shape index (κ3) is 1.78. The Morgan fingerprint density at radius 3 is 2.65 bits per heavy atom. The van der Waals surface area contributed by atoms with Crippen molar-refractivity contribution in [3.05, 3.63) is 41.1 Å². The molecule has 1 aromatic carbocycles. The average molecular weight is 265 g/mol. The van der Waals surface area contributed by atoms with Gasteiger partial charge >= 0.3 is 0 Å². The van der Waals surface area contributed by atoms with E-state index >= 15 is 0 Å². The Bertz CT molecular complexity index is 683. The first kappa shape index (κ1) is 12.1. The summed E-state index contributed by atoms with van der Waals surface area (Å²) in [5, 5.41) is 1.29. The molecule has 2 aromatic rings. The van der Waals surface area contributed by atoms with Crippen molar-refractivity contribution in [2.24, 2.45) is 0 Å². The fourth-order valence-electron chi connectivity index (χ4n) is 3.99. The fraction of sp³-hybridized carbons (Fsp3) is 0.444. The van der Waals surface area contributed by atoms with Gasteiger partial charge in [-0.1, -0.05) is 31.0 Å². The Balaban J connectivity index is 2.03. The molecule has 1 aromatic heterocycles. The lowest BCUT2D eigenvalue weighted by Crippen LogP contribution is -2.17. The van der Waals surface area contributed by atoms with Gasteiger partial charge in [0.1, 0.15) is 5.69 Å². The van der Waals surface area contributed by atoms with Gasteiger partial charge in [-0.2, -0.15) is 0 Å². The highest BCUT2D eigenvalue weighted by atomic mass is 16.1. The van der Waals surface area contributed by atoms with Crippen LogP contribution >= 0.6 is 0 Å². The molecule has 1 heterocycles. The molecule has 2 heteroatoms. The van der Waals surface area contributed by atoms with Crippen LogP contribution in [0.15, 0.2) is 24.3 Å². The summed E-state index contributed by atoms with van der Waals surface area (Å²) in [5.74, 6) is 0.888. The third-order valence-electron chi connectivity index (χ3n) is 4.90. The van der Waals surface area contributed by atoms with Gasteiger partial charge in [0.05, 0.1) is 5.52 Å². The molecule has 1 saturated carbocycles. The molecule has 4 rings (SSSR count). The van der Waals surface area contributed by atoms with Crippen LogP contribution in [0.1, 0.15) is 66.1 Å². The summed E-state index contributed by atoms with van der Waals surface area (Å²) in [6.45, 7) is 0. The molecule has 0 spiro atoms. The van der Waals surface area contributed by atoms with E-state index in [0.717, 1.165) is 24.1 Å². The highest BCUT2D eigenvalue weighted by Gasteiger charge is 2.28.